The highest BCUT2D eigenvalue weighted by Crippen LogP contribution is 2.22. The van der Waals surface area contributed by atoms with Crippen molar-refractivity contribution >= 4 is 17.7 Å². The lowest BCUT2D eigenvalue weighted by Crippen LogP contribution is -2.31. The van der Waals surface area contributed by atoms with Crippen molar-refractivity contribution in [3.63, 3.8) is 0 Å². The van der Waals surface area contributed by atoms with E-state index in [1.54, 1.807) is 0 Å². The Balaban J connectivity index is 1.96. The van der Waals surface area contributed by atoms with E-state index in [0.717, 1.165) is 35.4 Å². The average Bonchev–Trinajstić information content (AvgIpc) is 2.95. The van der Waals surface area contributed by atoms with Gasteiger partial charge in [-0.1, -0.05) is 23.9 Å². The highest BCUT2D eigenvalue weighted by atomic mass is 32.2. The molecule has 1 aromatic carbocycles. The fourth-order valence-corrected chi connectivity index (χ4v) is 3.25. The van der Waals surface area contributed by atoms with Crippen LogP contribution in [-0.2, 0) is 18.4 Å². The summed E-state index contributed by atoms with van der Waals surface area (Å²) in [5.74, 6) is 2.07. The van der Waals surface area contributed by atoms with Crippen LogP contribution in [0.5, 0.6) is 5.75 Å². The van der Waals surface area contributed by atoms with Crippen LogP contribution in [0.3, 0.4) is 0 Å². The molecule has 0 radical (unpaired) electrons. The molecule has 0 atom stereocenters. The van der Waals surface area contributed by atoms with Crippen molar-refractivity contribution in [1.29, 1.82) is 0 Å². The van der Waals surface area contributed by atoms with E-state index in [2.05, 4.69) is 23.2 Å². The smallest absolute Gasteiger partial charge is 0.233 e. The van der Waals surface area contributed by atoms with Crippen molar-refractivity contribution in [2.45, 2.75) is 39.5 Å². The van der Waals surface area contributed by atoms with E-state index in [1.807, 2.05) is 49.4 Å². The van der Waals surface area contributed by atoms with Gasteiger partial charge >= 0.3 is 0 Å². The molecule has 0 saturated heterocycles. The van der Waals surface area contributed by atoms with E-state index in [1.165, 1.54) is 17.3 Å². The van der Waals surface area contributed by atoms with E-state index in [0.29, 0.717) is 12.4 Å². The van der Waals surface area contributed by atoms with Crippen molar-refractivity contribution in [2.75, 3.05) is 18.8 Å². The lowest BCUT2D eigenvalue weighted by atomic mass is 10.1. The third-order valence-electron chi connectivity index (χ3n) is 4.28. The Labute approximate surface area is 153 Å². The lowest BCUT2D eigenvalue weighted by molar-refractivity contribution is -0.127. The van der Waals surface area contributed by atoms with E-state index in [4.69, 9.17) is 4.74 Å². The monoisotopic (exact) mass is 362 g/mol. The third kappa shape index (κ3) is 4.75. The standard InChI is InChI=1S/C18H26N4O2S/c1-6-22(7-2)17(23)12-25-18-20-19-16(21(18)5)11-24-15-10-8-9-13(3)14(15)4/h8-10H,6-7,11-12H2,1-5H3. The molecule has 0 bridgehead atoms. The van der Waals surface area contributed by atoms with E-state index in [9.17, 15) is 4.79 Å². The number of aromatic nitrogens is 3. The van der Waals surface area contributed by atoms with E-state index >= 15 is 0 Å². The topological polar surface area (TPSA) is 60.3 Å². The molecule has 136 valence electrons. The second-order valence-electron chi connectivity index (χ2n) is 5.80. The van der Waals surface area contributed by atoms with Crippen LogP contribution >= 0.6 is 11.8 Å². The van der Waals surface area contributed by atoms with Crippen molar-refractivity contribution in [2.24, 2.45) is 7.05 Å². The molecule has 6 nitrogen and oxygen atoms in total. The molecule has 0 N–H and O–H groups in total. The SMILES string of the molecule is CCN(CC)C(=O)CSc1nnc(COc2cccc(C)c2C)n1C. The van der Waals surface area contributed by atoms with Crippen molar-refractivity contribution in [3.8, 4) is 5.75 Å². The van der Waals surface area contributed by atoms with Crippen LogP contribution in [0.4, 0.5) is 0 Å². The van der Waals surface area contributed by atoms with Crippen molar-refractivity contribution < 1.29 is 9.53 Å². The van der Waals surface area contributed by atoms with Crippen LogP contribution in [0.1, 0.15) is 30.8 Å². The number of hydrogen-bond acceptors (Lipinski definition) is 5. The maximum Gasteiger partial charge on any atom is 0.233 e. The molecule has 0 saturated carbocycles. The molecule has 2 rings (SSSR count). The number of thioether (sulfide) groups is 1. The van der Waals surface area contributed by atoms with Gasteiger partial charge in [0.25, 0.3) is 0 Å². The number of hydrogen-bond donors (Lipinski definition) is 0. The summed E-state index contributed by atoms with van der Waals surface area (Å²) in [6, 6.07) is 6.00. The first-order valence-corrected chi connectivity index (χ1v) is 9.44. The first kappa shape index (κ1) is 19.3. The summed E-state index contributed by atoms with van der Waals surface area (Å²) in [7, 11) is 1.89. The van der Waals surface area contributed by atoms with Gasteiger partial charge in [0.2, 0.25) is 5.91 Å². The Hall–Kier alpha value is -2.02. The summed E-state index contributed by atoms with van der Waals surface area (Å²) >= 11 is 1.40. The number of carbonyl (C=O) groups is 1. The number of benzene rings is 1. The molecule has 0 spiro atoms. The maximum absolute atomic E-state index is 12.1. The second-order valence-corrected chi connectivity index (χ2v) is 6.74. The maximum atomic E-state index is 12.1. The summed E-state index contributed by atoms with van der Waals surface area (Å²) in [5, 5.41) is 9.09. The molecule has 0 aliphatic heterocycles. The fourth-order valence-electron chi connectivity index (χ4n) is 2.41. The van der Waals surface area contributed by atoms with Crippen LogP contribution in [0, 0.1) is 13.8 Å². The lowest BCUT2D eigenvalue weighted by Gasteiger charge is -2.17. The predicted molar refractivity (Wildman–Crippen MR) is 99.9 cm³/mol. The van der Waals surface area contributed by atoms with Crippen LogP contribution in [0.2, 0.25) is 0 Å². The van der Waals surface area contributed by atoms with Crippen LogP contribution in [0.15, 0.2) is 23.4 Å². The molecule has 1 amide bonds. The molecule has 0 aliphatic carbocycles. The zero-order valence-electron chi connectivity index (χ0n) is 15.6. The number of ether oxygens (including phenoxy) is 1. The zero-order valence-corrected chi connectivity index (χ0v) is 16.4. The van der Waals surface area contributed by atoms with Crippen molar-refractivity contribution in [1.82, 2.24) is 19.7 Å². The van der Waals surface area contributed by atoms with Crippen LogP contribution in [-0.4, -0.2) is 44.4 Å². The molecule has 0 unspecified atom stereocenters. The van der Waals surface area contributed by atoms with Gasteiger partial charge < -0.3 is 14.2 Å². The Morgan fingerprint density at radius 2 is 1.96 bits per heavy atom. The van der Waals surface area contributed by atoms with Gasteiger partial charge in [0.15, 0.2) is 11.0 Å². The highest BCUT2D eigenvalue weighted by Gasteiger charge is 2.15. The Morgan fingerprint density at radius 3 is 2.64 bits per heavy atom. The average molecular weight is 362 g/mol. The minimum absolute atomic E-state index is 0.117. The van der Waals surface area contributed by atoms with Gasteiger partial charge in [-0.3, -0.25) is 4.79 Å². The molecule has 1 aromatic heterocycles. The number of carbonyl (C=O) groups excluding carboxylic acids is 1. The summed E-state index contributed by atoms with van der Waals surface area (Å²) in [5.41, 5.74) is 2.32. The van der Waals surface area contributed by atoms with Crippen molar-refractivity contribution in [3.05, 3.63) is 35.2 Å². The molecule has 7 heteroatoms. The summed E-state index contributed by atoms with van der Waals surface area (Å²) in [6.45, 7) is 9.87. The second kappa shape index (κ2) is 8.89. The van der Waals surface area contributed by atoms with E-state index < -0.39 is 0 Å². The number of aryl methyl sites for hydroxylation is 1. The minimum Gasteiger partial charge on any atom is -0.485 e. The van der Waals surface area contributed by atoms with Gasteiger partial charge in [-0.05, 0) is 44.9 Å². The molecule has 0 fully saturated rings. The van der Waals surface area contributed by atoms with Crippen LogP contribution in [0.25, 0.3) is 0 Å². The quantitative estimate of drug-likeness (QED) is 0.676. The number of rotatable bonds is 8. The van der Waals surface area contributed by atoms with Gasteiger partial charge in [-0.25, -0.2) is 0 Å². The first-order valence-electron chi connectivity index (χ1n) is 8.45. The fraction of sp³-hybridized carbons (Fsp3) is 0.500. The van der Waals surface area contributed by atoms with Gasteiger partial charge in [-0.2, -0.15) is 0 Å². The predicted octanol–water partition coefficient (Wildman–Crippen LogP) is 2.97. The Morgan fingerprint density at radius 1 is 1.24 bits per heavy atom. The van der Waals surface area contributed by atoms with Crippen LogP contribution < -0.4 is 4.74 Å². The number of amides is 1. The normalized spacial score (nSPS) is 10.8. The first-order chi connectivity index (χ1) is 12.0. The number of nitrogens with zero attached hydrogens (tertiary/aromatic N) is 4. The molecule has 25 heavy (non-hydrogen) atoms. The molecular weight excluding hydrogens is 336 g/mol. The molecule has 0 aliphatic rings. The largest absolute Gasteiger partial charge is 0.485 e. The Bertz CT molecular complexity index is 726. The minimum atomic E-state index is 0.117. The third-order valence-corrected chi connectivity index (χ3v) is 5.28. The molecule has 2 aromatic rings. The van der Waals surface area contributed by atoms with Gasteiger partial charge in [0, 0.05) is 20.1 Å². The molecular formula is C18H26N4O2S. The summed E-state index contributed by atoms with van der Waals surface area (Å²) < 4.78 is 7.77. The zero-order chi connectivity index (χ0) is 18.4. The van der Waals surface area contributed by atoms with Gasteiger partial charge in [-0.15, -0.1) is 10.2 Å². The molecule has 1 heterocycles. The summed E-state index contributed by atoms with van der Waals surface area (Å²) in [4.78, 5) is 13.9. The van der Waals surface area contributed by atoms with E-state index in [-0.39, 0.29) is 5.91 Å². The van der Waals surface area contributed by atoms with Gasteiger partial charge in [0.05, 0.1) is 5.75 Å². The highest BCUT2D eigenvalue weighted by molar-refractivity contribution is 7.99. The summed E-state index contributed by atoms with van der Waals surface area (Å²) in [6.07, 6.45) is 0. The Kier molecular flexibility index (Phi) is 6.87. The van der Waals surface area contributed by atoms with Gasteiger partial charge in [0.1, 0.15) is 12.4 Å².